The van der Waals surface area contributed by atoms with Crippen molar-refractivity contribution in [3.8, 4) is 0 Å². The monoisotopic (exact) mass is 268 g/mol. The van der Waals surface area contributed by atoms with E-state index in [2.05, 4.69) is 30.4 Å². The summed E-state index contributed by atoms with van der Waals surface area (Å²) in [6.07, 6.45) is 7.17. The first kappa shape index (κ1) is 14.8. The van der Waals surface area contributed by atoms with Crippen LogP contribution in [0.15, 0.2) is 18.5 Å². The van der Waals surface area contributed by atoms with E-state index in [1.165, 1.54) is 6.20 Å². The third-order valence-electron chi connectivity index (χ3n) is 3.37. The van der Waals surface area contributed by atoms with Gasteiger partial charge in [-0.2, -0.15) is 11.8 Å². The Bertz CT molecular complexity index is 397. The molecule has 1 aromatic heterocycles. The lowest BCUT2D eigenvalue weighted by Gasteiger charge is -2.30. The Morgan fingerprint density at radius 2 is 2.17 bits per heavy atom. The molecule has 0 aliphatic heterocycles. The van der Waals surface area contributed by atoms with Crippen LogP contribution < -0.4 is 5.32 Å². The third kappa shape index (κ3) is 3.38. The summed E-state index contributed by atoms with van der Waals surface area (Å²) in [5, 5.41) is 12.3. The Labute approximate surface area is 112 Å². The van der Waals surface area contributed by atoms with Gasteiger partial charge in [-0.15, -0.1) is 0 Å². The Hall–Kier alpha value is -1.23. The van der Waals surface area contributed by atoms with Crippen LogP contribution in [-0.2, 0) is 0 Å². The van der Waals surface area contributed by atoms with Crippen molar-refractivity contribution < 1.29 is 9.90 Å². The van der Waals surface area contributed by atoms with Crippen molar-refractivity contribution in [2.75, 3.05) is 18.1 Å². The molecule has 0 bridgehead atoms. The SMILES string of the molecule is CCC(CC)(CNc1ccncc1C(=O)O)SC. The second-order valence-corrected chi connectivity index (χ2v) is 5.45. The van der Waals surface area contributed by atoms with E-state index in [1.807, 2.05) is 11.8 Å². The zero-order valence-corrected chi connectivity index (χ0v) is 11.9. The standard InChI is InChI=1S/C13H20N2O2S/c1-4-13(5-2,18-3)9-15-11-6-7-14-8-10(11)12(16)17/h6-8H,4-5,9H2,1-3H3,(H,14,15)(H,16,17). The van der Waals surface area contributed by atoms with Gasteiger partial charge in [0.1, 0.15) is 5.56 Å². The number of rotatable bonds is 7. The smallest absolute Gasteiger partial charge is 0.339 e. The highest BCUT2D eigenvalue weighted by molar-refractivity contribution is 8.00. The molecule has 1 rings (SSSR count). The van der Waals surface area contributed by atoms with Crippen molar-refractivity contribution in [1.82, 2.24) is 4.98 Å². The molecule has 0 aliphatic carbocycles. The first-order chi connectivity index (χ1) is 8.58. The second-order valence-electron chi connectivity index (χ2n) is 4.17. The van der Waals surface area contributed by atoms with Crippen molar-refractivity contribution in [1.29, 1.82) is 0 Å². The van der Waals surface area contributed by atoms with E-state index in [0.717, 1.165) is 19.4 Å². The van der Waals surface area contributed by atoms with E-state index in [0.29, 0.717) is 5.69 Å². The van der Waals surface area contributed by atoms with Crippen molar-refractivity contribution in [3.63, 3.8) is 0 Å². The van der Waals surface area contributed by atoms with E-state index in [9.17, 15) is 4.79 Å². The van der Waals surface area contributed by atoms with Crippen molar-refractivity contribution in [2.45, 2.75) is 31.4 Å². The average molecular weight is 268 g/mol. The lowest BCUT2D eigenvalue weighted by molar-refractivity contribution is 0.0697. The molecule has 4 nitrogen and oxygen atoms in total. The number of pyridine rings is 1. The molecule has 0 unspecified atom stereocenters. The molecule has 5 heteroatoms. The van der Waals surface area contributed by atoms with Gasteiger partial charge in [0.15, 0.2) is 0 Å². The molecule has 0 saturated carbocycles. The number of thioether (sulfide) groups is 1. The van der Waals surface area contributed by atoms with E-state index in [-0.39, 0.29) is 10.3 Å². The van der Waals surface area contributed by atoms with Gasteiger partial charge in [0.2, 0.25) is 0 Å². The van der Waals surface area contributed by atoms with Crippen LogP contribution in [0.4, 0.5) is 5.69 Å². The summed E-state index contributed by atoms with van der Waals surface area (Å²) in [4.78, 5) is 14.9. The minimum absolute atomic E-state index is 0.152. The minimum atomic E-state index is -0.951. The average Bonchev–Trinajstić information content (AvgIpc) is 2.41. The van der Waals surface area contributed by atoms with Gasteiger partial charge in [0, 0.05) is 23.7 Å². The summed E-state index contributed by atoms with van der Waals surface area (Å²) >= 11 is 1.83. The molecule has 2 N–H and O–H groups in total. The molecular formula is C13H20N2O2S. The number of nitrogens with one attached hydrogen (secondary N) is 1. The van der Waals surface area contributed by atoms with Gasteiger partial charge in [-0.25, -0.2) is 4.79 Å². The molecule has 100 valence electrons. The number of aromatic carboxylic acids is 1. The van der Waals surface area contributed by atoms with Crippen LogP contribution in [0.1, 0.15) is 37.0 Å². The topological polar surface area (TPSA) is 62.2 Å². The number of anilines is 1. The first-order valence-electron chi connectivity index (χ1n) is 6.05. The van der Waals surface area contributed by atoms with Crippen LogP contribution in [0.2, 0.25) is 0 Å². The van der Waals surface area contributed by atoms with Gasteiger partial charge in [0.05, 0.1) is 5.69 Å². The number of carbonyl (C=O) groups is 1. The number of aromatic nitrogens is 1. The zero-order valence-electron chi connectivity index (χ0n) is 11.1. The molecule has 18 heavy (non-hydrogen) atoms. The van der Waals surface area contributed by atoms with Crippen molar-refractivity contribution in [2.24, 2.45) is 0 Å². The molecule has 0 aromatic carbocycles. The normalized spacial score (nSPS) is 11.3. The zero-order chi connectivity index (χ0) is 13.6. The van der Waals surface area contributed by atoms with Crippen LogP contribution >= 0.6 is 11.8 Å². The Balaban J connectivity index is 2.83. The molecule has 0 aliphatic rings. The van der Waals surface area contributed by atoms with Gasteiger partial charge >= 0.3 is 5.97 Å². The molecular weight excluding hydrogens is 248 g/mol. The van der Waals surface area contributed by atoms with Gasteiger partial charge in [-0.05, 0) is 25.2 Å². The fourth-order valence-electron chi connectivity index (χ4n) is 1.84. The molecule has 1 heterocycles. The maximum absolute atomic E-state index is 11.1. The molecule has 0 radical (unpaired) electrons. The summed E-state index contributed by atoms with van der Waals surface area (Å²) < 4.78 is 0.152. The maximum atomic E-state index is 11.1. The van der Waals surface area contributed by atoms with Crippen LogP contribution in [0.3, 0.4) is 0 Å². The van der Waals surface area contributed by atoms with Crippen molar-refractivity contribution in [3.05, 3.63) is 24.0 Å². The van der Waals surface area contributed by atoms with E-state index >= 15 is 0 Å². The third-order valence-corrected chi connectivity index (χ3v) is 4.96. The largest absolute Gasteiger partial charge is 0.478 e. The highest BCUT2D eigenvalue weighted by Gasteiger charge is 2.25. The van der Waals surface area contributed by atoms with E-state index < -0.39 is 5.97 Å². The van der Waals surface area contributed by atoms with E-state index in [4.69, 9.17) is 5.11 Å². The number of hydrogen-bond donors (Lipinski definition) is 2. The molecule has 0 atom stereocenters. The minimum Gasteiger partial charge on any atom is -0.478 e. The maximum Gasteiger partial charge on any atom is 0.339 e. The van der Waals surface area contributed by atoms with Crippen LogP contribution in [0.5, 0.6) is 0 Å². The van der Waals surface area contributed by atoms with Crippen LogP contribution in [0.25, 0.3) is 0 Å². The summed E-state index contributed by atoms with van der Waals surface area (Å²) in [6.45, 7) is 5.07. The first-order valence-corrected chi connectivity index (χ1v) is 7.27. The van der Waals surface area contributed by atoms with Crippen LogP contribution in [0, 0.1) is 0 Å². The van der Waals surface area contributed by atoms with Gasteiger partial charge in [-0.1, -0.05) is 13.8 Å². The fraction of sp³-hybridized carbons (Fsp3) is 0.538. The number of carboxylic acid groups (broad SMARTS) is 1. The van der Waals surface area contributed by atoms with Crippen LogP contribution in [-0.4, -0.2) is 33.6 Å². The number of nitrogens with zero attached hydrogens (tertiary/aromatic N) is 1. The summed E-state index contributed by atoms with van der Waals surface area (Å²) in [6, 6.07) is 1.71. The molecule has 0 fully saturated rings. The Kier molecular flexibility index (Phi) is 5.47. The molecule has 0 amide bonds. The predicted octanol–water partition coefficient (Wildman–Crippen LogP) is 3.11. The Morgan fingerprint density at radius 3 is 2.67 bits per heavy atom. The lowest BCUT2D eigenvalue weighted by atomic mass is 10.0. The number of carboxylic acids is 1. The number of hydrogen-bond acceptors (Lipinski definition) is 4. The molecule has 1 aromatic rings. The molecule has 0 saturated heterocycles. The highest BCUT2D eigenvalue weighted by Crippen LogP contribution is 2.31. The predicted molar refractivity (Wildman–Crippen MR) is 76.5 cm³/mol. The second kappa shape index (κ2) is 6.64. The van der Waals surface area contributed by atoms with Gasteiger partial charge in [-0.3, -0.25) is 4.98 Å². The van der Waals surface area contributed by atoms with Gasteiger partial charge < -0.3 is 10.4 Å². The summed E-state index contributed by atoms with van der Waals surface area (Å²) in [5.41, 5.74) is 0.859. The lowest BCUT2D eigenvalue weighted by Crippen LogP contribution is -2.32. The highest BCUT2D eigenvalue weighted by atomic mass is 32.2. The fourth-order valence-corrected chi connectivity index (χ4v) is 2.63. The van der Waals surface area contributed by atoms with E-state index in [1.54, 1.807) is 12.3 Å². The molecule has 0 spiro atoms. The van der Waals surface area contributed by atoms with Crippen molar-refractivity contribution >= 4 is 23.4 Å². The van der Waals surface area contributed by atoms with Gasteiger partial charge in [0.25, 0.3) is 0 Å². The Morgan fingerprint density at radius 1 is 1.50 bits per heavy atom. The quantitative estimate of drug-likeness (QED) is 0.795. The summed E-state index contributed by atoms with van der Waals surface area (Å²) in [5.74, 6) is -0.951. The summed E-state index contributed by atoms with van der Waals surface area (Å²) in [7, 11) is 0.